The van der Waals surface area contributed by atoms with Gasteiger partial charge in [0.1, 0.15) is 6.61 Å². The molecule has 1 atom stereocenters. The highest BCUT2D eigenvalue weighted by Crippen LogP contribution is 1.93. The molecule has 0 aliphatic heterocycles. The summed E-state index contributed by atoms with van der Waals surface area (Å²) in [6, 6.07) is 0. The van der Waals surface area contributed by atoms with Crippen molar-refractivity contribution in [2.75, 3.05) is 26.7 Å². The van der Waals surface area contributed by atoms with Gasteiger partial charge in [-0.05, 0) is 13.3 Å². The smallest absolute Gasteiger partial charge is 0.332 e. The highest BCUT2D eigenvalue weighted by atomic mass is 16.5. The molecule has 0 aromatic carbocycles. The summed E-state index contributed by atoms with van der Waals surface area (Å²) in [7, 11) is 1.46. The van der Waals surface area contributed by atoms with Gasteiger partial charge in [-0.3, -0.25) is 9.59 Å². The molecule has 0 bridgehead atoms. The number of carbonyl (C=O) groups excluding carboxylic acids is 2. The monoisotopic (exact) mass is 260 g/mol. The summed E-state index contributed by atoms with van der Waals surface area (Å²) >= 11 is 0. The van der Waals surface area contributed by atoms with Crippen LogP contribution in [0.5, 0.6) is 0 Å². The van der Waals surface area contributed by atoms with Crippen LogP contribution in [0.4, 0.5) is 0 Å². The molecule has 0 aromatic heterocycles. The summed E-state index contributed by atoms with van der Waals surface area (Å²) in [6.45, 7) is 3.40. The number of rotatable bonds is 8. The Hall–Kier alpha value is -1.63. The standard InChI is InChI=1S/C11H20N2O5/c1-4-5-12-9(14)6-13(3)10(15)7-18-8(2)11(16)17/h8H,4-7H2,1-3H3,(H,12,14)(H,16,17)/t8-/m0/s1. The van der Waals surface area contributed by atoms with Crippen molar-refractivity contribution in [3.8, 4) is 0 Å². The molecule has 2 N–H and O–H groups in total. The number of carbonyl (C=O) groups is 3. The van der Waals surface area contributed by atoms with E-state index in [-0.39, 0.29) is 19.1 Å². The fraction of sp³-hybridized carbons (Fsp3) is 0.727. The minimum atomic E-state index is -1.13. The Kier molecular flexibility index (Phi) is 7.69. The van der Waals surface area contributed by atoms with E-state index < -0.39 is 18.0 Å². The number of carboxylic acids is 1. The molecular weight excluding hydrogens is 240 g/mol. The first-order chi connectivity index (χ1) is 8.38. The van der Waals surface area contributed by atoms with Gasteiger partial charge in [-0.2, -0.15) is 0 Å². The number of nitrogens with one attached hydrogen (secondary N) is 1. The molecule has 7 heteroatoms. The van der Waals surface area contributed by atoms with Crippen LogP contribution < -0.4 is 5.32 Å². The summed E-state index contributed by atoms with van der Waals surface area (Å²) in [5, 5.41) is 11.2. The van der Waals surface area contributed by atoms with Crippen molar-refractivity contribution in [3.63, 3.8) is 0 Å². The second-order valence-corrected chi connectivity index (χ2v) is 3.89. The Morgan fingerprint density at radius 1 is 1.39 bits per heavy atom. The first-order valence-electron chi connectivity index (χ1n) is 5.73. The van der Waals surface area contributed by atoms with Gasteiger partial charge in [-0.1, -0.05) is 6.92 Å². The van der Waals surface area contributed by atoms with E-state index in [1.54, 1.807) is 0 Å². The predicted molar refractivity (Wildman–Crippen MR) is 64.0 cm³/mol. The molecule has 0 spiro atoms. The molecule has 0 aromatic rings. The average Bonchev–Trinajstić information content (AvgIpc) is 2.32. The maximum atomic E-state index is 11.5. The lowest BCUT2D eigenvalue weighted by molar-refractivity contribution is -0.153. The molecule has 0 unspecified atom stereocenters. The SMILES string of the molecule is CCCNC(=O)CN(C)C(=O)CO[C@@H](C)C(=O)O. The quantitative estimate of drug-likeness (QED) is 0.611. The summed E-state index contributed by atoms with van der Waals surface area (Å²) in [5.41, 5.74) is 0. The van der Waals surface area contributed by atoms with Gasteiger partial charge >= 0.3 is 5.97 Å². The Labute approximate surface area is 106 Å². The predicted octanol–water partition coefficient (Wildman–Crippen LogP) is -0.539. The molecule has 0 fully saturated rings. The van der Waals surface area contributed by atoms with Crippen molar-refractivity contribution in [2.24, 2.45) is 0 Å². The van der Waals surface area contributed by atoms with E-state index >= 15 is 0 Å². The minimum absolute atomic E-state index is 0.0658. The van der Waals surface area contributed by atoms with E-state index in [0.29, 0.717) is 6.54 Å². The van der Waals surface area contributed by atoms with Crippen molar-refractivity contribution in [3.05, 3.63) is 0 Å². The van der Waals surface area contributed by atoms with Crippen LogP contribution in [0.2, 0.25) is 0 Å². The lowest BCUT2D eigenvalue weighted by Crippen LogP contribution is -2.40. The molecule has 0 heterocycles. The van der Waals surface area contributed by atoms with Crippen molar-refractivity contribution in [2.45, 2.75) is 26.4 Å². The van der Waals surface area contributed by atoms with Gasteiger partial charge in [0, 0.05) is 13.6 Å². The number of ether oxygens (including phenoxy) is 1. The average molecular weight is 260 g/mol. The van der Waals surface area contributed by atoms with Crippen LogP contribution in [0, 0.1) is 0 Å². The summed E-state index contributed by atoms with van der Waals surface area (Å²) < 4.78 is 4.83. The van der Waals surface area contributed by atoms with Gasteiger partial charge in [0.25, 0.3) is 0 Å². The largest absolute Gasteiger partial charge is 0.479 e. The zero-order valence-corrected chi connectivity index (χ0v) is 10.9. The fourth-order valence-corrected chi connectivity index (χ4v) is 1.00. The molecule has 0 saturated carbocycles. The second kappa shape index (κ2) is 8.46. The van der Waals surface area contributed by atoms with Crippen molar-refractivity contribution in [1.29, 1.82) is 0 Å². The number of aliphatic carboxylic acids is 1. The van der Waals surface area contributed by atoms with Crippen LogP contribution in [-0.2, 0) is 19.1 Å². The van der Waals surface area contributed by atoms with Gasteiger partial charge in [0.05, 0.1) is 6.54 Å². The van der Waals surface area contributed by atoms with Gasteiger partial charge in [-0.15, -0.1) is 0 Å². The van der Waals surface area contributed by atoms with Crippen LogP contribution in [0.3, 0.4) is 0 Å². The molecule has 2 amide bonds. The first kappa shape index (κ1) is 16.4. The Morgan fingerprint density at radius 3 is 2.50 bits per heavy atom. The molecule has 18 heavy (non-hydrogen) atoms. The number of likely N-dealkylation sites (N-methyl/N-ethyl adjacent to an activating group) is 1. The van der Waals surface area contributed by atoms with Crippen molar-refractivity contribution >= 4 is 17.8 Å². The van der Waals surface area contributed by atoms with Crippen LogP contribution in [0.1, 0.15) is 20.3 Å². The lowest BCUT2D eigenvalue weighted by atomic mass is 10.4. The molecule has 0 rings (SSSR count). The fourth-order valence-electron chi connectivity index (χ4n) is 1.00. The maximum Gasteiger partial charge on any atom is 0.332 e. The molecule has 0 aliphatic rings. The Balaban J connectivity index is 3.96. The second-order valence-electron chi connectivity index (χ2n) is 3.89. The molecule has 104 valence electrons. The van der Waals surface area contributed by atoms with Gasteiger partial charge < -0.3 is 20.1 Å². The van der Waals surface area contributed by atoms with Crippen LogP contribution in [0.25, 0.3) is 0 Å². The summed E-state index contributed by atoms with van der Waals surface area (Å²) in [5.74, 6) is -1.82. The summed E-state index contributed by atoms with van der Waals surface area (Å²) in [4.78, 5) is 34.5. The normalized spacial score (nSPS) is 11.7. The van der Waals surface area contributed by atoms with Crippen molar-refractivity contribution < 1.29 is 24.2 Å². The van der Waals surface area contributed by atoms with Gasteiger partial charge in [0.15, 0.2) is 6.10 Å². The number of hydrogen-bond donors (Lipinski definition) is 2. The molecule has 0 saturated heterocycles. The third-order valence-corrected chi connectivity index (χ3v) is 2.18. The van der Waals surface area contributed by atoms with Gasteiger partial charge in [-0.25, -0.2) is 4.79 Å². The van der Waals surface area contributed by atoms with E-state index in [4.69, 9.17) is 9.84 Å². The van der Waals surface area contributed by atoms with Crippen LogP contribution in [0.15, 0.2) is 0 Å². The first-order valence-corrected chi connectivity index (χ1v) is 5.73. The third-order valence-electron chi connectivity index (χ3n) is 2.18. The number of nitrogens with zero attached hydrogens (tertiary/aromatic N) is 1. The van der Waals surface area contributed by atoms with E-state index in [1.807, 2.05) is 6.92 Å². The maximum absolute atomic E-state index is 11.5. The molecular formula is C11H20N2O5. The topological polar surface area (TPSA) is 95.9 Å². The van der Waals surface area contributed by atoms with Crippen molar-refractivity contribution in [1.82, 2.24) is 10.2 Å². The molecule has 0 radical (unpaired) electrons. The van der Waals surface area contributed by atoms with E-state index in [9.17, 15) is 14.4 Å². The molecule has 0 aliphatic carbocycles. The van der Waals surface area contributed by atoms with E-state index in [0.717, 1.165) is 6.42 Å². The van der Waals surface area contributed by atoms with Crippen LogP contribution in [-0.4, -0.2) is 60.6 Å². The minimum Gasteiger partial charge on any atom is -0.479 e. The number of hydrogen-bond acceptors (Lipinski definition) is 4. The van der Waals surface area contributed by atoms with Crippen LogP contribution >= 0.6 is 0 Å². The summed E-state index contributed by atoms with van der Waals surface area (Å²) in [6.07, 6.45) is -0.223. The Bertz CT molecular complexity index is 306. The number of carboxylic acid groups (broad SMARTS) is 1. The third kappa shape index (κ3) is 6.85. The number of amides is 2. The Morgan fingerprint density at radius 2 is 2.00 bits per heavy atom. The van der Waals surface area contributed by atoms with Gasteiger partial charge in [0.2, 0.25) is 11.8 Å². The highest BCUT2D eigenvalue weighted by molar-refractivity contribution is 5.85. The highest BCUT2D eigenvalue weighted by Gasteiger charge is 2.16. The van der Waals surface area contributed by atoms with E-state index in [2.05, 4.69) is 5.32 Å². The zero-order chi connectivity index (χ0) is 14.1. The van der Waals surface area contributed by atoms with E-state index in [1.165, 1.54) is 18.9 Å². The molecule has 7 nitrogen and oxygen atoms in total. The zero-order valence-electron chi connectivity index (χ0n) is 10.9. The lowest BCUT2D eigenvalue weighted by Gasteiger charge is -2.17.